The Morgan fingerprint density at radius 2 is 1.72 bits per heavy atom. The van der Waals surface area contributed by atoms with Gasteiger partial charge in [-0.3, -0.25) is 14.4 Å². The number of carbonyl (C=O) groups is 4. The number of nitrogens with one attached hydrogen (secondary N) is 1. The SMILES string of the molecule is O=C(NCC(=O)N1CC2(C[C@H]1C(=O)O)OCCO2)c1ccc2c(c1)-c1ccccc1C2=O. The highest BCUT2D eigenvalue weighted by atomic mass is 16.7. The molecule has 164 valence electrons. The van der Waals surface area contributed by atoms with Gasteiger partial charge in [0, 0.05) is 23.1 Å². The third-order valence-electron chi connectivity index (χ3n) is 6.10. The van der Waals surface area contributed by atoms with E-state index in [0.29, 0.717) is 35.5 Å². The number of carboxylic acid groups (broad SMARTS) is 1. The van der Waals surface area contributed by atoms with Crippen molar-refractivity contribution < 1.29 is 33.8 Å². The Morgan fingerprint density at radius 1 is 1.03 bits per heavy atom. The van der Waals surface area contributed by atoms with Crippen LogP contribution >= 0.6 is 0 Å². The van der Waals surface area contributed by atoms with Crippen LogP contribution in [0.1, 0.15) is 32.7 Å². The molecule has 9 nitrogen and oxygen atoms in total. The zero-order valence-electron chi connectivity index (χ0n) is 17.0. The molecule has 2 heterocycles. The standard InChI is InChI=1S/C23H20N2O7/c26-19(25-12-23(31-7-8-32-23)10-18(25)22(29)30)11-24-21(28)13-5-6-16-17(9-13)14-3-1-2-4-15(14)20(16)27/h1-6,9,18H,7-8,10-12H2,(H,24,28)(H,29,30)/t18-/m0/s1. The summed E-state index contributed by atoms with van der Waals surface area (Å²) in [7, 11) is 0. The molecule has 2 N–H and O–H groups in total. The molecule has 2 fully saturated rings. The summed E-state index contributed by atoms with van der Waals surface area (Å²) in [5.74, 6) is -3.36. The Balaban J connectivity index is 1.29. The highest BCUT2D eigenvalue weighted by Crippen LogP contribution is 2.37. The van der Waals surface area contributed by atoms with Crippen molar-refractivity contribution >= 4 is 23.6 Å². The van der Waals surface area contributed by atoms with Crippen molar-refractivity contribution in [1.29, 1.82) is 0 Å². The van der Waals surface area contributed by atoms with Gasteiger partial charge in [0.05, 0.1) is 26.3 Å². The zero-order valence-corrected chi connectivity index (χ0v) is 17.0. The molecule has 32 heavy (non-hydrogen) atoms. The van der Waals surface area contributed by atoms with Crippen LogP contribution < -0.4 is 5.32 Å². The maximum absolute atomic E-state index is 12.7. The predicted molar refractivity (Wildman–Crippen MR) is 110 cm³/mol. The monoisotopic (exact) mass is 436 g/mol. The number of amides is 2. The Kier molecular flexibility index (Phi) is 4.79. The van der Waals surface area contributed by atoms with E-state index >= 15 is 0 Å². The van der Waals surface area contributed by atoms with Gasteiger partial charge in [0.25, 0.3) is 5.91 Å². The van der Waals surface area contributed by atoms with Gasteiger partial charge in [0.15, 0.2) is 11.6 Å². The maximum atomic E-state index is 12.7. The summed E-state index contributed by atoms with van der Waals surface area (Å²) < 4.78 is 11.1. The van der Waals surface area contributed by atoms with Crippen LogP contribution in [0.3, 0.4) is 0 Å². The molecule has 2 aliphatic heterocycles. The first-order valence-corrected chi connectivity index (χ1v) is 10.3. The minimum absolute atomic E-state index is 0.00356. The number of rotatable bonds is 4. The van der Waals surface area contributed by atoms with Crippen LogP contribution in [-0.2, 0) is 19.1 Å². The summed E-state index contributed by atoms with van der Waals surface area (Å²) >= 11 is 0. The van der Waals surface area contributed by atoms with Crippen LogP contribution in [0.5, 0.6) is 0 Å². The number of ether oxygens (including phenoxy) is 2. The number of hydrogen-bond donors (Lipinski definition) is 2. The molecule has 1 spiro atoms. The van der Waals surface area contributed by atoms with Crippen molar-refractivity contribution in [1.82, 2.24) is 10.2 Å². The van der Waals surface area contributed by atoms with E-state index in [-0.39, 0.29) is 25.3 Å². The van der Waals surface area contributed by atoms with Gasteiger partial charge in [-0.2, -0.15) is 0 Å². The van der Waals surface area contributed by atoms with E-state index in [1.54, 1.807) is 24.3 Å². The van der Waals surface area contributed by atoms with E-state index in [1.165, 1.54) is 11.0 Å². The number of aliphatic carboxylic acids is 1. The average Bonchev–Trinajstić information content (AvgIpc) is 3.50. The van der Waals surface area contributed by atoms with Crippen LogP contribution in [0.4, 0.5) is 0 Å². The molecule has 0 radical (unpaired) electrons. The fourth-order valence-corrected chi connectivity index (χ4v) is 4.55. The number of carboxylic acids is 1. The first-order chi connectivity index (χ1) is 15.4. The minimum atomic E-state index is -1.15. The fraction of sp³-hybridized carbons (Fsp3) is 0.304. The molecular formula is C23H20N2O7. The fourth-order valence-electron chi connectivity index (χ4n) is 4.55. The van der Waals surface area contributed by atoms with Crippen LogP contribution in [0.2, 0.25) is 0 Å². The van der Waals surface area contributed by atoms with Gasteiger partial charge < -0.3 is 24.8 Å². The van der Waals surface area contributed by atoms with Gasteiger partial charge in [-0.05, 0) is 29.3 Å². The number of nitrogens with zero attached hydrogens (tertiary/aromatic N) is 1. The van der Waals surface area contributed by atoms with Crippen LogP contribution in [0, 0.1) is 0 Å². The number of likely N-dealkylation sites (tertiary alicyclic amines) is 1. The second-order valence-corrected chi connectivity index (χ2v) is 8.01. The zero-order chi connectivity index (χ0) is 22.5. The van der Waals surface area contributed by atoms with E-state index < -0.39 is 29.6 Å². The number of hydrogen-bond acceptors (Lipinski definition) is 6. The summed E-state index contributed by atoms with van der Waals surface area (Å²) in [4.78, 5) is 50.7. The van der Waals surface area contributed by atoms with Gasteiger partial charge in [0.1, 0.15) is 6.04 Å². The smallest absolute Gasteiger partial charge is 0.326 e. The number of fused-ring (bicyclic) bond motifs is 3. The lowest BCUT2D eigenvalue weighted by molar-refractivity contribution is -0.152. The molecule has 2 amide bonds. The van der Waals surface area contributed by atoms with Gasteiger partial charge in [-0.15, -0.1) is 0 Å². The van der Waals surface area contributed by atoms with Crippen molar-refractivity contribution in [2.24, 2.45) is 0 Å². The van der Waals surface area contributed by atoms with Crippen LogP contribution in [-0.4, -0.2) is 71.7 Å². The predicted octanol–water partition coefficient (Wildman–Crippen LogP) is 1.06. The normalized spacial score (nSPS) is 20.3. The molecule has 2 saturated heterocycles. The third-order valence-corrected chi connectivity index (χ3v) is 6.10. The Hall–Kier alpha value is -3.56. The lowest BCUT2D eigenvalue weighted by atomic mass is 10.0. The molecule has 0 unspecified atom stereocenters. The molecule has 0 bridgehead atoms. The molecule has 3 aliphatic rings. The maximum Gasteiger partial charge on any atom is 0.326 e. The molecule has 0 saturated carbocycles. The Morgan fingerprint density at radius 3 is 2.44 bits per heavy atom. The van der Waals surface area contributed by atoms with E-state index in [2.05, 4.69) is 5.32 Å². The molecule has 2 aromatic carbocycles. The van der Waals surface area contributed by atoms with Gasteiger partial charge in [-0.25, -0.2) is 4.79 Å². The van der Waals surface area contributed by atoms with Crippen molar-refractivity contribution in [2.75, 3.05) is 26.3 Å². The van der Waals surface area contributed by atoms with Crippen molar-refractivity contribution in [3.63, 3.8) is 0 Å². The summed E-state index contributed by atoms with van der Waals surface area (Å²) in [6.45, 7) is 0.311. The summed E-state index contributed by atoms with van der Waals surface area (Å²) in [6.07, 6.45) is 0.0419. The first kappa shape index (κ1) is 20.3. The number of benzene rings is 2. The topological polar surface area (TPSA) is 122 Å². The van der Waals surface area contributed by atoms with Gasteiger partial charge in [-0.1, -0.05) is 24.3 Å². The lowest BCUT2D eigenvalue weighted by Gasteiger charge is -2.23. The first-order valence-electron chi connectivity index (χ1n) is 10.3. The second kappa shape index (κ2) is 7.54. The highest BCUT2D eigenvalue weighted by molar-refractivity contribution is 6.22. The highest BCUT2D eigenvalue weighted by Gasteiger charge is 2.52. The largest absolute Gasteiger partial charge is 0.480 e. The Labute approximate surface area is 182 Å². The van der Waals surface area contributed by atoms with E-state index in [4.69, 9.17) is 9.47 Å². The summed E-state index contributed by atoms with van der Waals surface area (Å²) in [5.41, 5.74) is 2.86. The second-order valence-electron chi connectivity index (χ2n) is 8.01. The van der Waals surface area contributed by atoms with Crippen LogP contribution in [0.25, 0.3) is 11.1 Å². The quantitative estimate of drug-likeness (QED) is 0.627. The minimum Gasteiger partial charge on any atom is -0.480 e. The van der Waals surface area contributed by atoms with Gasteiger partial charge >= 0.3 is 5.97 Å². The van der Waals surface area contributed by atoms with E-state index in [1.807, 2.05) is 12.1 Å². The molecule has 1 aliphatic carbocycles. The third kappa shape index (κ3) is 3.26. The molecule has 5 rings (SSSR count). The molecular weight excluding hydrogens is 416 g/mol. The number of carbonyl (C=O) groups excluding carboxylic acids is 3. The average molecular weight is 436 g/mol. The molecule has 2 aromatic rings. The summed E-state index contributed by atoms with van der Waals surface area (Å²) in [5, 5.41) is 12.1. The molecule has 9 heteroatoms. The van der Waals surface area contributed by atoms with Gasteiger partial charge in [0.2, 0.25) is 5.91 Å². The molecule has 1 atom stereocenters. The van der Waals surface area contributed by atoms with Crippen molar-refractivity contribution in [3.8, 4) is 11.1 Å². The van der Waals surface area contributed by atoms with E-state index in [9.17, 15) is 24.3 Å². The Bertz CT molecular complexity index is 1150. The number of ketones is 1. The summed E-state index contributed by atoms with van der Waals surface area (Å²) in [6, 6.07) is 10.9. The van der Waals surface area contributed by atoms with E-state index in [0.717, 1.165) is 5.56 Å². The molecule has 0 aromatic heterocycles. The van der Waals surface area contributed by atoms with Crippen LogP contribution in [0.15, 0.2) is 42.5 Å². The van der Waals surface area contributed by atoms with Crippen molar-refractivity contribution in [3.05, 3.63) is 59.2 Å². The van der Waals surface area contributed by atoms with Crippen molar-refractivity contribution in [2.45, 2.75) is 18.2 Å². The lowest BCUT2D eigenvalue weighted by Crippen LogP contribution is -2.46.